The van der Waals surface area contributed by atoms with Gasteiger partial charge in [-0.05, 0) is 37.6 Å². The summed E-state index contributed by atoms with van der Waals surface area (Å²) in [5.74, 6) is -0.0769. The number of nitrogens with zero attached hydrogens (tertiary/aromatic N) is 1. The summed E-state index contributed by atoms with van der Waals surface area (Å²) in [7, 11) is 1.61. The number of amides is 2. The molecule has 1 aromatic carbocycles. The van der Waals surface area contributed by atoms with Gasteiger partial charge in [-0.1, -0.05) is 12.1 Å². The number of carbonyl (C=O) groups is 2. The van der Waals surface area contributed by atoms with Crippen molar-refractivity contribution in [3.63, 3.8) is 0 Å². The van der Waals surface area contributed by atoms with Crippen LogP contribution in [0, 0.1) is 0 Å². The SMILES string of the molecule is CCOc1ccccc1NC(=O)c1ccnc(C(=O)NCCCOC)c1. The molecule has 0 spiro atoms. The van der Waals surface area contributed by atoms with Crippen LogP contribution in [0.2, 0.25) is 0 Å². The van der Waals surface area contributed by atoms with Crippen LogP contribution in [-0.4, -0.2) is 43.7 Å². The average molecular weight is 357 g/mol. The van der Waals surface area contributed by atoms with Crippen LogP contribution in [-0.2, 0) is 4.74 Å². The number of aromatic nitrogens is 1. The molecule has 2 rings (SSSR count). The monoisotopic (exact) mass is 357 g/mol. The molecule has 0 unspecified atom stereocenters. The molecule has 26 heavy (non-hydrogen) atoms. The van der Waals surface area contributed by atoms with Gasteiger partial charge in [0.25, 0.3) is 11.8 Å². The number of ether oxygens (including phenoxy) is 2. The minimum Gasteiger partial charge on any atom is -0.492 e. The summed E-state index contributed by atoms with van der Waals surface area (Å²) >= 11 is 0. The summed E-state index contributed by atoms with van der Waals surface area (Å²) in [6, 6.07) is 10.2. The zero-order valence-corrected chi connectivity index (χ0v) is 15.0. The van der Waals surface area contributed by atoms with Crippen molar-refractivity contribution in [1.29, 1.82) is 0 Å². The lowest BCUT2D eigenvalue weighted by Crippen LogP contribution is -2.26. The standard InChI is InChI=1S/C19H23N3O4/c1-3-26-17-8-5-4-7-15(17)22-18(23)14-9-11-20-16(13-14)19(24)21-10-6-12-25-2/h4-5,7-9,11,13H,3,6,10,12H2,1-2H3,(H,21,24)(H,22,23). The second-order valence-corrected chi connectivity index (χ2v) is 5.42. The first-order valence-corrected chi connectivity index (χ1v) is 8.42. The van der Waals surface area contributed by atoms with Crippen molar-refractivity contribution in [2.45, 2.75) is 13.3 Å². The molecule has 0 fully saturated rings. The lowest BCUT2D eigenvalue weighted by Gasteiger charge is -2.11. The largest absolute Gasteiger partial charge is 0.492 e. The Labute approximate surface area is 152 Å². The van der Waals surface area contributed by atoms with Gasteiger partial charge in [0.1, 0.15) is 11.4 Å². The average Bonchev–Trinajstić information content (AvgIpc) is 2.67. The number of carbonyl (C=O) groups excluding carboxylic acids is 2. The second-order valence-electron chi connectivity index (χ2n) is 5.42. The molecule has 0 aliphatic heterocycles. The van der Waals surface area contributed by atoms with Crippen molar-refractivity contribution in [3.05, 3.63) is 53.9 Å². The van der Waals surface area contributed by atoms with Gasteiger partial charge in [-0.2, -0.15) is 0 Å². The lowest BCUT2D eigenvalue weighted by molar-refractivity contribution is 0.0943. The molecule has 1 heterocycles. The Morgan fingerprint density at radius 3 is 2.73 bits per heavy atom. The van der Waals surface area contributed by atoms with Gasteiger partial charge in [0, 0.05) is 32.0 Å². The maximum absolute atomic E-state index is 12.5. The molecule has 2 N–H and O–H groups in total. The fraction of sp³-hybridized carbons (Fsp3) is 0.316. The van der Waals surface area contributed by atoms with E-state index in [1.807, 2.05) is 19.1 Å². The third-order valence-electron chi connectivity index (χ3n) is 3.50. The van der Waals surface area contributed by atoms with Crippen LogP contribution in [0.5, 0.6) is 5.75 Å². The Balaban J connectivity index is 2.05. The Kier molecular flexibility index (Phi) is 7.57. The molecule has 0 aliphatic rings. The summed E-state index contributed by atoms with van der Waals surface area (Å²) in [6.45, 7) is 3.41. The molecule has 2 amide bonds. The van der Waals surface area contributed by atoms with Gasteiger partial charge in [0.2, 0.25) is 0 Å². The Morgan fingerprint density at radius 1 is 1.15 bits per heavy atom. The van der Waals surface area contributed by atoms with Gasteiger partial charge in [0.15, 0.2) is 0 Å². The van der Waals surface area contributed by atoms with Crippen LogP contribution < -0.4 is 15.4 Å². The van der Waals surface area contributed by atoms with E-state index in [9.17, 15) is 9.59 Å². The van der Waals surface area contributed by atoms with E-state index < -0.39 is 0 Å². The molecule has 0 radical (unpaired) electrons. The van der Waals surface area contributed by atoms with Gasteiger partial charge < -0.3 is 20.1 Å². The van der Waals surface area contributed by atoms with Crippen molar-refractivity contribution in [2.24, 2.45) is 0 Å². The third kappa shape index (κ3) is 5.56. The predicted octanol–water partition coefficient (Wildman–Crippen LogP) is 2.50. The number of pyridine rings is 1. The van der Waals surface area contributed by atoms with Crippen molar-refractivity contribution >= 4 is 17.5 Å². The van der Waals surface area contributed by atoms with Gasteiger partial charge in [0.05, 0.1) is 12.3 Å². The molecule has 7 heteroatoms. The summed E-state index contributed by atoms with van der Waals surface area (Å²) in [5.41, 5.74) is 1.10. The second kappa shape index (κ2) is 10.1. The number of rotatable bonds is 9. The molecule has 0 bridgehead atoms. The van der Waals surface area contributed by atoms with E-state index in [-0.39, 0.29) is 17.5 Å². The molecule has 0 atom stereocenters. The molecule has 7 nitrogen and oxygen atoms in total. The van der Waals surface area contributed by atoms with Crippen LogP contribution in [0.1, 0.15) is 34.2 Å². The summed E-state index contributed by atoms with van der Waals surface area (Å²) in [5, 5.41) is 5.54. The first kappa shape index (κ1) is 19.4. The highest BCUT2D eigenvalue weighted by Gasteiger charge is 2.13. The first-order chi connectivity index (χ1) is 12.7. The predicted molar refractivity (Wildman–Crippen MR) is 98.6 cm³/mol. The zero-order valence-electron chi connectivity index (χ0n) is 15.0. The normalized spacial score (nSPS) is 10.2. The van der Waals surface area contributed by atoms with Gasteiger partial charge >= 0.3 is 0 Å². The summed E-state index contributed by atoms with van der Waals surface area (Å²) in [4.78, 5) is 28.6. The summed E-state index contributed by atoms with van der Waals surface area (Å²) in [6.07, 6.45) is 2.14. The molecular formula is C19H23N3O4. The quantitative estimate of drug-likeness (QED) is 0.673. The lowest BCUT2D eigenvalue weighted by atomic mass is 10.2. The highest BCUT2D eigenvalue weighted by molar-refractivity contribution is 6.06. The van der Waals surface area contributed by atoms with E-state index in [1.54, 1.807) is 25.3 Å². The van der Waals surface area contributed by atoms with Crippen molar-refractivity contribution < 1.29 is 19.1 Å². The highest BCUT2D eigenvalue weighted by Crippen LogP contribution is 2.24. The van der Waals surface area contributed by atoms with E-state index in [0.717, 1.165) is 0 Å². The number of anilines is 1. The first-order valence-electron chi connectivity index (χ1n) is 8.42. The Hall–Kier alpha value is -2.93. The van der Waals surface area contributed by atoms with E-state index >= 15 is 0 Å². The van der Waals surface area contributed by atoms with E-state index in [0.29, 0.717) is 43.2 Å². The fourth-order valence-corrected chi connectivity index (χ4v) is 2.25. The van der Waals surface area contributed by atoms with Crippen LogP contribution in [0.3, 0.4) is 0 Å². The molecule has 138 valence electrons. The molecule has 1 aromatic heterocycles. The fourth-order valence-electron chi connectivity index (χ4n) is 2.25. The molecule has 2 aromatic rings. The topological polar surface area (TPSA) is 89.5 Å². The third-order valence-corrected chi connectivity index (χ3v) is 3.50. The van der Waals surface area contributed by atoms with Gasteiger partial charge in [-0.25, -0.2) is 0 Å². The van der Waals surface area contributed by atoms with Crippen molar-refractivity contribution in [2.75, 3.05) is 32.2 Å². The van der Waals surface area contributed by atoms with Gasteiger partial charge in [-0.15, -0.1) is 0 Å². The number of hydrogen-bond acceptors (Lipinski definition) is 5. The number of hydrogen-bond donors (Lipinski definition) is 2. The smallest absolute Gasteiger partial charge is 0.269 e. The van der Waals surface area contributed by atoms with E-state index in [2.05, 4.69) is 15.6 Å². The van der Waals surface area contributed by atoms with Crippen LogP contribution in [0.15, 0.2) is 42.6 Å². The zero-order chi connectivity index (χ0) is 18.8. The molecule has 0 saturated heterocycles. The number of nitrogens with one attached hydrogen (secondary N) is 2. The molecular weight excluding hydrogens is 334 g/mol. The molecule has 0 saturated carbocycles. The number of benzene rings is 1. The number of methoxy groups -OCH3 is 1. The highest BCUT2D eigenvalue weighted by atomic mass is 16.5. The van der Waals surface area contributed by atoms with Crippen LogP contribution in [0.25, 0.3) is 0 Å². The minimum atomic E-state index is -0.340. The minimum absolute atomic E-state index is 0.188. The maximum Gasteiger partial charge on any atom is 0.269 e. The van der Waals surface area contributed by atoms with Crippen molar-refractivity contribution in [3.8, 4) is 5.75 Å². The Bertz CT molecular complexity index is 749. The van der Waals surface area contributed by atoms with Crippen molar-refractivity contribution in [1.82, 2.24) is 10.3 Å². The van der Waals surface area contributed by atoms with Crippen LogP contribution in [0.4, 0.5) is 5.69 Å². The van der Waals surface area contributed by atoms with Crippen LogP contribution >= 0.6 is 0 Å². The summed E-state index contributed by atoms with van der Waals surface area (Å²) < 4.78 is 10.4. The van der Waals surface area contributed by atoms with Gasteiger partial charge in [-0.3, -0.25) is 14.6 Å². The Morgan fingerprint density at radius 2 is 1.96 bits per heavy atom. The number of para-hydroxylation sites is 2. The van der Waals surface area contributed by atoms with E-state index in [1.165, 1.54) is 12.3 Å². The maximum atomic E-state index is 12.5. The molecule has 0 aliphatic carbocycles. The van der Waals surface area contributed by atoms with E-state index in [4.69, 9.17) is 9.47 Å².